The molecular formula is C15H19N3OS. The Kier molecular flexibility index (Phi) is 5.12. The fourth-order valence-electron chi connectivity index (χ4n) is 2.01. The number of hydrogen-bond acceptors (Lipinski definition) is 4. The molecule has 1 amide bonds. The van der Waals surface area contributed by atoms with Crippen molar-refractivity contribution in [1.29, 1.82) is 0 Å². The molecule has 0 atom stereocenters. The summed E-state index contributed by atoms with van der Waals surface area (Å²) in [4.78, 5) is 17.8. The van der Waals surface area contributed by atoms with E-state index in [1.54, 1.807) is 17.3 Å². The maximum absolute atomic E-state index is 12.0. The monoisotopic (exact) mass is 289 g/mol. The number of rotatable bonds is 6. The SMILES string of the molecule is CN(CCCCc1ccccc1)C(=O)c1csc(N)n1. The molecule has 5 heteroatoms. The number of carbonyl (C=O) groups excluding carboxylic acids is 1. The van der Waals surface area contributed by atoms with E-state index in [9.17, 15) is 4.79 Å². The first-order valence-electron chi connectivity index (χ1n) is 6.67. The van der Waals surface area contributed by atoms with Crippen LogP contribution >= 0.6 is 11.3 Å². The second kappa shape index (κ2) is 7.05. The molecule has 20 heavy (non-hydrogen) atoms. The lowest BCUT2D eigenvalue weighted by Crippen LogP contribution is -2.28. The Hall–Kier alpha value is -1.88. The van der Waals surface area contributed by atoms with Gasteiger partial charge in [0.25, 0.3) is 5.91 Å². The Bertz CT molecular complexity index is 553. The predicted octanol–water partition coefficient (Wildman–Crippen LogP) is 2.82. The summed E-state index contributed by atoms with van der Waals surface area (Å²) >= 11 is 1.29. The molecule has 0 radical (unpaired) electrons. The summed E-state index contributed by atoms with van der Waals surface area (Å²) in [5.74, 6) is -0.0577. The quantitative estimate of drug-likeness (QED) is 0.832. The van der Waals surface area contributed by atoms with E-state index in [1.165, 1.54) is 16.9 Å². The van der Waals surface area contributed by atoms with Crippen LogP contribution in [0.4, 0.5) is 5.13 Å². The van der Waals surface area contributed by atoms with Gasteiger partial charge in [-0.15, -0.1) is 11.3 Å². The van der Waals surface area contributed by atoms with E-state index in [-0.39, 0.29) is 5.91 Å². The largest absolute Gasteiger partial charge is 0.375 e. The van der Waals surface area contributed by atoms with Crippen molar-refractivity contribution in [3.63, 3.8) is 0 Å². The maximum atomic E-state index is 12.0. The van der Waals surface area contributed by atoms with Crippen molar-refractivity contribution in [3.8, 4) is 0 Å². The molecule has 1 heterocycles. The molecule has 1 aromatic carbocycles. The summed E-state index contributed by atoms with van der Waals surface area (Å²) in [6.45, 7) is 0.739. The third kappa shape index (κ3) is 4.06. The number of hydrogen-bond donors (Lipinski definition) is 1. The Morgan fingerprint density at radius 3 is 2.70 bits per heavy atom. The fraction of sp³-hybridized carbons (Fsp3) is 0.333. The normalized spacial score (nSPS) is 10.4. The summed E-state index contributed by atoms with van der Waals surface area (Å²) in [6, 6.07) is 10.4. The third-order valence-electron chi connectivity index (χ3n) is 3.14. The van der Waals surface area contributed by atoms with Gasteiger partial charge >= 0.3 is 0 Å². The molecule has 0 aliphatic carbocycles. The molecular weight excluding hydrogens is 270 g/mol. The molecule has 0 aliphatic rings. The molecule has 4 nitrogen and oxygen atoms in total. The van der Waals surface area contributed by atoms with Crippen LogP contribution in [0.1, 0.15) is 28.9 Å². The number of thiazole rings is 1. The van der Waals surface area contributed by atoms with E-state index in [1.807, 2.05) is 6.07 Å². The summed E-state index contributed by atoms with van der Waals surface area (Å²) in [6.07, 6.45) is 3.10. The molecule has 1 aromatic heterocycles. The first kappa shape index (κ1) is 14.5. The van der Waals surface area contributed by atoms with Crippen LogP contribution in [0.25, 0.3) is 0 Å². The van der Waals surface area contributed by atoms with Gasteiger partial charge in [-0.2, -0.15) is 0 Å². The molecule has 0 unspecified atom stereocenters. The second-order valence-corrected chi connectivity index (χ2v) is 5.63. The van der Waals surface area contributed by atoms with Crippen LogP contribution < -0.4 is 5.73 Å². The molecule has 0 saturated carbocycles. The van der Waals surface area contributed by atoms with Gasteiger partial charge in [-0.1, -0.05) is 30.3 Å². The Balaban J connectivity index is 1.72. The van der Waals surface area contributed by atoms with Crippen LogP contribution in [0.2, 0.25) is 0 Å². The van der Waals surface area contributed by atoms with Crippen molar-refractivity contribution in [2.75, 3.05) is 19.3 Å². The molecule has 0 spiro atoms. The van der Waals surface area contributed by atoms with Crippen molar-refractivity contribution in [1.82, 2.24) is 9.88 Å². The fourth-order valence-corrected chi connectivity index (χ4v) is 2.54. The number of nitrogens with two attached hydrogens (primary N) is 1. The molecule has 0 bridgehead atoms. The van der Waals surface area contributed by atoms with Gasteiger partial charge in [0.15, 0.2) is 5.13 Å². The molecule has 0 aliphatic heterocycles. The van der Waals surface area contributed by atoms with E-state index in [2.05, 4.69) is 29.2 Å². The Labute approximate surface area is 123 Å². The third-order valence-corrected chi connectivity index (χ3v) is 3.81. The van der Waals surface area contributed by atoms with Crippen molar-refractivity contribution >= 4 is 22.4 Å². The first-order valence-corrected chi connectivity index (χ1v) is 7.55. The maximum Gasteiger partial charge on any atom is 0.273 e. The number of unbranched alkanes of at least 4 members (excludes halogenated alkanes) is 1. The zero-order chi connectivity index (χ0) is 14.4. The smallest absolute Gasteiger partial charge is 0.273 e. The van der Waals surface area contributed by atoms with Gasteiger partial charge in [-0.3, -0.25) is 4.79 Å². The zero-order valence-corrected chi connectivity index (χ0v) is 12.4. The van der Waals surface area contributed by atoms with Gasteiger partial charge in [0.1, 0.15) is 5.69 Å². The van der Waals surface area contributed by atoms with E-state index >= 15 is 0 Å². The van der Waals surface area contributed by atoms with Gasteiger partial charge in [-0.05, 0) is 24.8 Å². The number of benzene rings is 1. The molecule has 2 aromatic rings. The number of amides is 1. The standard InChI is InChI=1S/C15H19N3OS/c1-18(14(19)13-11-20-15(16)17-13)10-6-5-9-12-7-3-2-4-8-12/h2-4,7-8,11H,5-6,9-10H2,1H3,(H2,16,17). The van der Waals surface area contributed by atoms with Gasteiger partial charge in [0, 0.05) is 19.0 Å². The minimum atomic E-state index is -0.0577. The molecule has 0 saturated heterocycles. The van der Waals surface area contributed by atoms with Crippen LogP contribution in [-0.4, -0.2) is 29.4 Å². The van der Waals surface area contributed by atoms with Gasteiger partial charge in [0.2, 0.25) is 0 Å². The van der Waals surface area contributed by atoms with Crippen LogP contribution in [0.3, 0.4) is 0 Å². The number of nitrogen functional groups attached to an aromatic ring is 1. The van der Waals surface area contributed by atoms with Crippen LogP contribution in [0, 0.1) is 0 Å². The number of aromatic nitrogens is 1. The minimum absolute atomic E-state index is 0.0577. The average Bonchev–Trinajstić information content (AvgIpc) is 2.90. The average molecular weight is 289 g/mol. The van der Waals surface area contributed by atoms with Crippen LogP contribution in [0.15, 0.2) is 35.7 Å². The first-order chi connectivity index (χ1) is 9.66. The van der Waals surface area contributed by atoms with Crippen molar-refractivity contribution < 1.29 is 4.79 Å². The van der Waals surface area contributed by atoms with Gasteiger partial charge < -0.3 is 10.6 Å². The number of nitrogens with zero attached hydrogens (tertiary/aromatic N) is 2. The van der Waals surface area contributed by atoms with Crippen LogP contribution in [-0.2, 0) is 6.42 Å². The molecule has 2 N–H and O–H groups in total. The van der Waals surface area contributed by atoms with E-state index in [4.69, 9.17) is 5.73 Å². The second-order valence-electron chi connectivity index (χ2n) is 4.74. The molecule has 0 fully saturated rings. The van der Waals surface area contributed by atoms with Gasteiger partial charge in [-0.25, -0.2) is 4.98 Å². The number of carbonyl (C=O) groups is 1. The molecule has 106 valence electrons. The highest BCUT2D eigenvalue weighted by Crippen LogP contribution is 2.13. The summed E-state index contributed by atoms with van der Waals surface area (Å²) in [5, 5.41) is 2.14. The topological polar surface area (TPSA) is 59.2 Å². The van der Waals surface area contributed by atoms with Gasteiger partial charge in [0.05, 0.1) is 0 Å². The highest BCUT2D eigenvalue weighted by molar-refractivity contribution is 7.13. The lowest BCUT2D eigenvalue weighted by atomic mass is 10.1. The summed E-state index contributed by atoms with van der Waals surface area (Å²) in [7, 11) is 1.81. The van der Waals surface area contributed by atoms with E-state index < -0.39 is 0 Å². The van der Waals surface area contributed by atoms with E-state index in [0.29, 0.717) is 10.8 Å². The lowest BCUT2D eigenvalue weighted by molar-refractivity contribution is 0.0788. The predicted molar refractivity (Wildman–Crippen MR) is 82.9 cm³/mol. The number of aryl methyl sites for hydroxylation is 1. The van der Waals surface area contributed by atoms with Crippen LogP contribution in [0.5, 0.6) is 0 Å². The Morgan fingerprint density at radius 2 is 2.05 bits per heavy atom. The lowest BCUT2D eigenvalue weighted by Gasteiger charge is -2.15. The highest BCUT2D eigenvalue weighted by atomic mass is 32.1. The summed E-state index contributed by atoms with van der Waals surface area (Å²) in [5.41, 5.74) is 7.32. The highest BCUT2D eigenvalue weighted by Gasteiger charge is 2.14. The summed E-state index contributed by atoms with van der Waals surface area (Å²) < 4.78 is 0. The minimum Gasteiger partial charge on any atom is -0.375 e. The van der Waals surface area contributed by atoms with Crippen molar-refractivity contribution in [3.05, 3.63) is 47.0 Å². The van der Waals surface area contributed by atoms with Crippen molar-refractivity contribution in [2.24, 2.45) is 0 Å². The van der Waals surface area contributed by atoms with E-state index in [0.717, 1.165) is 25.8 Å². The van der Waals surface area contributed by atoms with Crippen molar-refractivity contribution in [2.45, 2.75) is 19.3 Å². The molecule has 2 rings (SSSR count). The number of anilines is 1. The zero-order valence-electron chi connectivity index (χ0n) is 11.6. The Morgan fingerprint density at radius 1 is 1.30 bits per heavy atom.